The molecular weight excluding hydrogens is 567 g/mol. The molecule has 1 unspecified atom stereocenters. The molecule has 0 aliphatic rings. The number of hydrogen-bond donors (Lipinski definition) is 2. The second kappa shape index (κ2) is 12.9. The summed E-state index contributed by atoms with van der Waals surface area (Å²) in [6.45, 7) is 5.71. The van der Waals surface area contributed by atoms with E-state index in [1.54, 1.807) is 19.2 Å². The minimum absolute atomic E-state index is 0.0105. The zero-order valence-electron chi connectivity index (χ0n) is 23.0. The number of ether oxygens (including phenoxy) is 4. The van der Waals surface area contributed by atoms with Crippen molar-refractivity contribution < 1.29 is 33.2 Å². The van der Waals surface area contributed by atoms with E-state index in [1.165, 1.54) is 29.8 Å². The number of thiazole rings is 1. The summed E-state index contributed by atoms with van der Waals surface area (Å²) in [6.07, 6.45) is 2.82. The molecule has 218 valence electrons. The van der Waals surface area contributed by atoms with Crippen molar-refractivity contribution in [3.63, 3.8) is 0 Å². The lowest BCUT2D eigenvalue weighted by Gasteiger charge is -2.15. The second-order valence-corrected chi connectivity index (χ2v) is 10.1. The average molecular weight is 595 g/mol. The summed E-state index contributed by atoms with van der Waals surface area (Å²) in [5, 5.41) is 11.9. The highest BCUT2D eigenvalue weighted by Gasteiger charge is 2.18. The number of fused-ring (bicyclic) bond motifs is 2. The van der Waals surface area contributed by atoms with Crippen LogP contribution in [0, 0.1) is 12.7 Å². The molecule has 0 saturated heterocycles. The molecule has 14 heteroatoms. The maximum absolute atomic E-state index is 15.0. The van der Waals surface area contributed by atoms with Crippen molar-refractivity contribution in [3.8, 4) is 28.2 Å². The van der Waals surface area contributed by atoms with Crippen LogP contribution in [0.3, 0.4) is 0 Å². The Hall–Kier alpha value is -4.69. The van der Waals surface area contributed by atoms with Gasteiger partial charge in [0, 0.05) is 17.7 Å². The summed E-state index contributed by atoms with van der Waals surface area (Å²) < 4.78 is 37.2. The number of aryl methyl sites for hydroxylation is 1. The average Bonchev–Trinajstić information content (AvgIpc) is 3.38. The molecule has 0 radical (unpaired) electrons. The Morgan fingerprint density at radius 3 is 2.64 bits per heavy atom. The minimum atomic E-state index is -0.761. The summed E-state index contributed by atoms with van der Waals surface area (Å²) in [5.41, 5.74) is 3.87. The topological polar surface area (TPSA) is 151 Å². The van der Waals surface area contributed by atoms with Gasteiger partial charge in [-0.05, 0) is 38.5 Å². The van der Waals surface area contributed by atoms with Crippen LogP contribution < -0.4 is 19.5 Å². The van der Waals surface area contributed by atoms with Crippen LogP contribution >= 0.6 is 11.3 Å². The van der Waals surface area contributed by atoms with Crippen LogP contribution in [-0.4, -0.2) is 68.7 Å². The number of amides is 1. The number of aliphatic hydroxyl groups is 1. The van der Waals surface area contributed by atoms with Crippen molar-refractivity contribution in [3.05, 3.63) is 54.2 Å². The molecule has 42 heavy (non-hydrogen) atoms. The molecule has 5 rings (SSSR count). The van der Waals surface area contributed by atoms with Gasteiger partial charge in [0.25, 0.3) is 0 Å². The van der Waals surface area contributed by atoms with Gasteiger partial charge in [0.2, 0.25) is 5.88 Å². The number of aromatic nitrogens is 5. The number of carbonyl (C=O) groups excluding carboxylic acids is 1. The molecule has 0 aliphatic carbocycles. The number of benzene rings is 2. The minimum Gasteiger partial charge on any atom is -0.484 e. The van der Waals surface area contributed by atoms with E-state index in [4.69, 9.17) is 24.1 Å². The Morgan fingerprint density at radius 2 is 1.88 bits per heavy atom. The van der Waals surface area contributed by atoms with Gasteiger partial charge >= 0.3 is 12.1 Å². The van der Waals surface area contributed by atoms with Crippen molar-refractivity contribution in [1.82, 2.24) is 24.9 Å². The van der Waals surface area contributed by atoms with Crippen molar-refractivity contribution in [2.24, 2.45) is 0 Å². The first-order chi connectivity index (χ1) is 20.3. The number of anilines is 1. The third-order valence-corrected chi connectivity index (χ3v) is 6.76. The largest absolute Gasteiger partial charge is 0.484 e. The number of halogens is 1. The smallest absolute Gasteiger partial charge is 0.411 e. The Morgan fingerprint density at radius 1 is 1.07 bits per heavy atom. The Balaban J connectivity index is 1.25. The van der Waals surface area contributed by atoms with Crippen LogP contribution in [0.15, 0.2) is 42.9 Å². The lowest BCUT2D eigenvalue weighted by atomic mass is 10.1. The fourth-order valence-corrected chi connectivity index (χ4v) is 4.95. The summed E-state index contributed by atoms with van der Waals surface area (Å²) in [5.74, 6) is -0.138. The highest BCUT2D eigenvalue weighted by molar-refractivity contribution is 7.21. The lowest BCUT2D eigenvalue weighted by molar-refractivity contribution is 0.0969. The molecule has 2 N–H and O–H groups in total. The van der Waals surface area contributed by atoms with Gasteiger partial charge in [-0.15, -0.1) is 11.3 Å². The molecule has 0 fully saturated rings. The third-order valence-electron chi connectivity index (χ3n) is 5.71. The lowest BCUT2D eigenvalue weighted by Crippen LogP contribution is -2.24. The first-order valence-corrected chi connectivity index (χ1v) is 13.8. The molecule has 3 aromatic heterocycles. The van der Waals surface area contributed by atoms with Gasteiger partial charge in [-0.2, -0.15) is 0 Å². The van der Waals surface area contributed by atoms with Crippen LogP contribution in [-0.2, 0) is 4.74 Å². The number of hydrogen-bond acceptors (Lipinski definition) is 12. The molecule has 0 bridgehead atoms. The molecule has 0 saturated carbocycles. The van der Waals surface area contributed by atoms with Gasteiger partial charge in [0.05, 0.1) is 58.7 Å². The molecule has 3 heterocycles. The quantitative estimate of drug-likeness (QED) is 0.214. The van der Waals surface area contributed by atoms with Crippen LogP contribution in [0.2, 0.25) is 0 Å². The molecule has 1 atom stereocenters. The number of nitrogens with zero attached hydrogens (tertiary/aromatic N) is 5. The summed E-state index contributed by atoms with van der Waals surface area (Å²) in [4.78, 5) is 33.7. The monoisotopic (exact) mass is 594 g/mol. The first kappa shape index (κ1) is 28.8. The fraction of sp³-hybridized carbons (Fsp3) is 0.286. The number of rotatable bonds is 11. The summed E-state index contributed by atoms with van der Waals surface area (Å²) in [7, 11) is 0. The molecule has 0 spiro atoms. The molecule has 0 aliphatic heterocycles. The predicted molar refractivity (Wildman–Crippen MR) is 154 cm³/mol. The highest BCUT2D eigenvalue weighted by atomic mass is 32.1. The Bertz CT molecular complexity index is 1720. The van der Waals surface area contributed by atoms with Gasteiger partial charge in [-0.25, -0.2) is 34.1 Å². The van der Waals surface area contributed by atoms with Crippen LogP contribution in [0.25, 0.3) is 31.8 Å². The van der Waals surface area contributed by atoms with E-state index < -0.39 is 18.0 Å². The van der Waals surface area contributed by atoms with Gasteiger partial charge in [0.15, 0.2) is 11.6 Å². The van der Waals surface area contributed by atoms with E-state index >= 15 is 0 Å². The van der Waals surface area contributed by atoms with Crippen LogP contribution in [0.4, 0.5) is 14.9 Å². The molecule has 2 aromatic carbocycles. The van der Waals surface area contributed by atoms with Gasteiger partial charge in [0.1, 0.15) is 24.3 Å². The van der Waals surface area contributed by atoms with Crippen LogP contribution in [0.5, 0.6) is 17.6 Å². The van der Waals surface area contributed by atoms with E-state index in [0.717, 1.165) is 11.1 Å². The molecule has 12 nitrogen and oxygen atoms in total. The SMILES string of the molecule is CCOc1cnc2c(-c3nc4cc(F)c(OC(C)COC(=O)Nc5cnc(OCCO)nc5)cc4s3)cc(C)cc2n1. The van der Waals surface area contributed by atoms with Crippen molar-refractivity contribution in [1.29, 1.82) is 0 Å². The zero-order valence-corrected chi connectivity index (χ0v) is 23.8. The zero-order chi connectivity index (χ0) is 29.6. The van der Waals surface area contributed by atoms with E-state index in [2.05, 4.69) is 30.2 Å². The van der Waals surface area contributed by atoms with Gasteiger partial charge < -0.3 is 24.1 Å². The van der Waals surface area contributed by atoms with Crippen LogP contribution in [0.1, 0.15) is 19.4 Å². The normalized spacial score (nSPS) is 11.8. The number of carbonyl (C=O) groups is 1. The van der Waals surface area contributed by atoms with E-state index in [1.807, 2.05) is 26.0 Å². The standard InChI is InChI=1S/C28H27FN6O6S/c1-4-38-24-13-30-25-18(7-15(2)8-21(25)34-24)26-35-20-9-19(29)22(10-23(20)42-26)41-16(3)14-40-28(37)33-17-11-31-27(32-12-17)39-6-5-36/h7-13,16,36H,4-6,14H2,1-3H3,(H,33,37). The molecule has 1 amide bonds. The summed E-state index contributed by atoms with van der Waals surface area (Å²) >= 11 is 1.38. The van der Waals surface area contributed by atoms with E-state index in [0.29, 0.717) is 38.7 Å². The molecule has 5 aromatic rings. The van der Waals surface area contributed by atoms with Gasteiger partial charge in [-0.1, -0.05) is 0 Å². The van der Waals surface area contributed by atoms with Gasteiger partial charge in [-0.3, -0.25) is 5.32 Å². The number of nitrogens with one attached hydrogen (secondary N) is 1. The third kappa shape index (κ3) is 6.78. The fourth-order valence-electron chi connectivity index (χ4n) is 3.95. The second-order valence-electron chi connectivity index (χ2n) is 9.07. The van der Waals surface area contributed by atoms with E-state index in [9.17, 15) is 9.18 Å². The maximum Gasteiger partial charge on any atom is 0.411 e. The Kier molecular flexibility index (Phi) is 8.83. The van der Waals surface area contributed by atoms with Crippen molar-refractivity contribution in [2.45, 2.75) is 26.9 Å². The van der Waals surface area contributed by atoms with Crippen molar-refractivity contribution >= 4 is 44.4 Å². The van der Waals surface area contributed by atoms with E-state index in [-0.39, 0.29) is 37.3 Å². The maximum atomic E-state index is 15.0. The van der Waals surface area contributed by atoms with Crippen molar-refractivity contribution in [2.75, 3.05) is 31.7 Å². The Labute approximate surface area is 243 Å². The highest BCUT2D eigenvalue weighted by Crippen LogP contribution is 2.37. The first-order valence-electron chi connectivity index (χ1n) is 13.0. The predicted octanol–water partition coefficient (Wildman–Crippen LogP) is 4.93. The number of aliphatic hydroxyl groups excluding tert-OH is 1. The molecular formula is C28H27FN6O6S. The summed E-state index contributed by atoms with van der Waals surface area (Å²) in [6, 6.07) is 6.86.